The van der Waals surface area contributed by atoms with Gasteiger partial charge in [-0.05, 0) is 42.1 Å². The second-order valence-corrected chi connectivity index (χ2v) is 6.67. The normalized spacial score (nSPS) is 12.4. The Morgan fingerprint density at radius 2 is 2.16 bits per heavy atom. The number of benzene rings is 1. The molecule has 0 amide bonds. The summed E-state index contributed by atoms with van der Waals surface area (Å²) in [4.78, 5) is 3.74. The number of halogens is 1. The van der Waals surface area contributed by atoms with E-state index in [0.29, 0.717) is 12.6 Å². The molecule has 0 bridgehead atoms. The first kappa shape index (κ1) is 14.6. The van der Waals surface area contributed by atoms with Gasteiger partial charge in [0.1, 0.15) is 0 Å². The molecule has 4 heteroatoms. The van der Waals surface area contributed by atoms with Gasteiger partial charge in [0.05, 0.1) is 0 Å². The van der Waals surface area contributed by atoms with Crippen LogP contribution in [0.1, 0.15) is 17.4 Å². The highest BCUT2D eigenvalue weighted by atomic mass is 79.9. The lowest BCUT2D eigenvalue weighted by Crippen LogP contribution is -2.31. The zero-order valence-corrected chi connectivity index (χ0v) is 13.7. The molecule has 1 aromatic heterocycles. The van der Waals surface area contributed by atoms with E-state index in [0.717, 1.165) is 10.9 Å². The Hall–Kier alpha value is -0.840. The number of hydrogen-bond donors (Lipinski definition) is 1. The minimum absolute atomic E-state index is 0.449. The van der Waals surface area contributed by atoms with E-state index in [-0.39, 0.29) is 0 Å². The molecule has 1 aromatic carbocycles. The van der Waals surface area contributed by atoms with Gasteiger partial charge in [0, 0.05) is 41.1 Å². The summed E-state index contributed by atoms with van der Waals surface area (Å²) >= 11 is 5.32. The number of nitrogens with two attached hydrogens (primary N) is 1. The predicted octanol–water partition coefficient (Wildman–Crippen LogP) is 4.04. The van der Waals surface area contributed by atoms with Crippen LogP contribution in [0.4, 0.5) is 5.69 Å². The number of hydrogen-bond acceptors (Lipinski definition) is 3. The van der Waals surface area contributed by atoms with E-state index in [1.165, 1.54) is 16.1 Å². The van der Waals surface area contributed by atoms with Crippen molar-refractivity contribution >= 4 is 33.0 Å². The highest BCUT2D eigenvalue weighted by Gasteiger charge is 2.14. The third kappa shape index (κ3) is 3.59. The van der Waals surface area contributed by atoms with E-state index in [1.54, 1.807) is 0 Å². The number of rotatable bonds is 5. The van der Waals surface area contributed by atoms with Crippen LogP contribution in [-0.2, 0) is 13.0 Å². The van der Waals surface area contributed by atoms with Gasteiger partial charge in [-0.25, -0.2) is 0 Å². The van der Waals surface area contributed by atoms with Crippen LogP contribution in [0.5, 0.6) is 0 Å². The maximum absolute atomic E-state index is 5.85. The molecule has 1 heterocycles. The number of anilines is 1. The van der Waals surface area contributed by atoms with E-state index in [1.807, 2.05) is 11.3 Å². The van der Waals surface area contributed by atoms with Crippen molar-refractivity contribution in [1.29, 1.82) is 0 Å². The summed E-state index contributed by atoms with van der Waals surface area (Å²) in [6, 6.07) is 11.1. The molecular formula is C15H19BrN2S. The van der Waals surface area contributed by atoms with Crippen molar-refractivity contribution in [2.24, 2.45) is 5.73 Å². The molecule has 0 radical (unpaired) electrons. The Balaban J connectivity index is 2.16. The van der Waals surface area contributed by atoms with Crippen LogP contribution < -0.4 is 10.6 Å². The minimum Gasteiger partial charge on any atom is -0.371 e. The van der Waals surface area contributed by atoms with Gasteiger partial charge in [0.2, 0.25) is 0 Å². The second-order valence-electron chi connectivity index (χ2n) is 4.72. The van der Waals surface area contributed by atoms with E-state index >= 15 is 0 Å². The Kier molecular flexibility index (Phi) is 5.02. The van der Waals surface area contributed by atoms with Gasteiger partial charge < -0.3 is 10.6 Å². The quantitative estimate of drug-likeness (QED) is 0.891. The summed E-state index contributed by atoms with van der Waals surface area (Å²) in [5, 5.41) is 2.13. The summed E-state index contributed by atoms with van der Waals surface area (Å²) in [5.74, 6) is 0. The number of thiophene rings is 1. The average Bonchev–Trinajstić information content (AvgIpc) is 2.90. The fraction of sp³-hybridized carbons (Fsp3) is 0.333. The lowest BCUT2D eigenvalue weighted by atomic mass is 10.1. The summed E-state index contributed by atoms with van der Waals surface area (Å²) in [6.07, 6.45) is 1.06. The van der Waals surface area contributed by atoms with Gasteiger partial charge in [-0.2, -0.15) is 0 Å². The predicted molar refractivity (Wildman–Crippen MR) is 87.9 cm³/mol. The average molecular weight is 339 g/mol. The van der Waals surface area contributed by atoms with E-state index in [2.05, 4.69) is 70.5 Å². The highest BCUT2D eigenvalue weighted by Crippen LogP contribution is 2.26. The maximum Gasteiger partial charge on any atom is 0.0412 e. The molecule has 1 unspecified atom stereocenters. The molecule has 2 aromatic rings. The molecule has 2 rings (SSSR count). The highest BCUT2D eigenvalue weighted by molar-refractivity contribution is 9.10. The van der Waals surface area contributed by atoms with Crippen LogP contribution in [-0.4, -0.2) is 13.1 Å². The van der Waals surface area contributed by atoms with Crippen LogP contribution in [0.25, 0.3) is 0 Å². The van der Waals surface area contributed by atoms with E-state index in [4.69, 9.17) is 5.73 Å². The largest absolute Gasteiger partial charge is 0.371 e. The van der Waals surface area contributed by atoms with Crippen molar-refractivity contribution in [3.05, 3.63) is 50.6 Å². The standard InChI is InChI=1S/C15H19BrN2S/c1-11(8-14-4-3-7-19-14)18(2)15-6-5-13(16)9-12(15)10-17/h3-7,9,11H,8,10,17H2,1-2H3. The summed E-state index contributed by atoms with van der Waals surface area (Å²) < 4.78 is 1.08. The molecule has 0 fully saturated rings. The first-order valence-electron chi connectivity index (χ1n) is 6.35. The van der Waals surface area contributed by atoms with Gasteiger partial charge in [0.15, 0.2) is 0 Å². The third-order valence-electron chi connectivity index (χ3n) is 3.38. The van der Waals surface area contributed by atoms with Gasteiger partial charge in [-0.3, -0.25) is 0 Å². The minimum atomic E-state index is 0.449. The fourth-order valence-corrected chi connectivity index (χ4v) is 3.39. The zero-order chi connectivity index (χ0) is 13.8. The van der Waals surface area contributed by atoms with Gasteiger partial charge in [-0.1, -0.05) is 22.0 Å². The zero-order valence-electron chi connectivity index (χ0n) is 11.3. The third-order valence-corrected chi connectivity index (χ3v) is 4.77. The monoisotopic (exact) mass is 338 g/mol. The van der Waals surface area contributed by atoms with Crippen LogP contribution in [0, 0.1) is 0 Å². The fourth-order valence-electron chi connectivity index (χ4n) is 2.16. The lowest BCUT2D eigenvalue weighted by Gasteiger charge is -2.29. The van der Waals surface area contributed by atoms with E-state index < -0.39 is 0 Å². The van der Waals surface area contributed by atoms with Crippen molar-refractivity contribution < 1.29 is 0 Å². The molecule has 19 heavy (non-hydrogen) atoms. The summed E-state index contributed by atoms with van der Waals surface area (Å²) in [5.41, 5.74) is 8.24. The van der Waals surface area contributed by atoms with Crippen molar-refractivity contribution in [3.63, 3.8) is 0 Å². The molecule has 0 aliphatic carbocycles. The maximum atomic E-state index is 5.85. The smallest absolute Gasteiger partial charge is 0.0412 e. The summed E-state index contributed by atoms with van der Waals surface area (Å²) in [7, 11) is 2.14. The van der Waals surface area contributed by atoms with Gasteiger partial charge in [0.25, 0.3) is 0 Å². The lowest BCUT2D eigenvalue weighted by molar-refractivity contribution is 0.685. The number of likely N-dealkylation sites (N-methyl/N-ethyl adjacent to an activating group) is 1. The Labute approximate surface area is 127 Å². The van der Waals surface area contributed by atoms with Gasteiger partial charge in [-0.15, -0.1) is 11.3 Å². The molecule has 0 saturated carbocycles. The van der Waals surface area contributed by atoms with Crippen molar-refractivity contribution in [2.45, 2.75) is 25.9 Å². The van der Waals surface area contributed by atoms with Crippen molar-refractivity contribution in [1.82, 2.24) is 0 Å². The van der Waals surface area contributed by atoms with Gasteiger partial charge >= 0.3 is 0 Å². The molecule has 1 atom stereocenters. The first-order chi connectivity index (χ1) is 9.11. The van der Waals surface area contributed by atoms with Crippen LogP contribution >= 0.6 is 27.3 Å². The molecule has 2 nitrogen and oxygen atoms in total. The van der Waals surface area contributed by atoms with Crippen LogP contribution in [0.15, 0.2) is 40.2 Å². The first-order valence-corrected chi connectivity index (χ1v) is 8.02. The SMILES string of the molecule is CC(Cc1cccs1)N(C)c1ccc(Br)cc1CN. The van der Waals surface area contributed by atoms with Crippen molar-refractivity contribution in [3.8, 4) is 0 Å². The molecule has 0 aliphatic rings. The molecule has 0 saturated heterocycles. The Morgan fingerprint density at radius 1 is 1.37 bits per heavy atom. The molecule has 102 valence electrons. The number of nitrogens with zero attached hydrogens (tertiary/aromatic N) is 1. The van der Waals surface area contributed by atoms with E-state index in [9.17, 15) is 0 Å². The summed E-state index contributed by atoms with van der Waals surface area (Å²) in [6.45, 7) is 2.81. The Bertz CT molecular complexity index is 525. The molecule has 0 aliphatic heterocycles. The molecule has 0 spiro atoms. The molecule has 2 N–H and O–H groups in total. The van der Waals surface area contributed by atoms with Crippen LogP contribution in [0.2, 0.25) is 0 Å². The second kappa shape index (κ2) is 6.55. The molecular weight excluding hydrogens is 320 g/mol. The topological polar surface area (TPSA) is 29.3 Å². The van der Waals surface area contributed by atoms with Crippen LogP contribution in [0.3, 0.4) is 0 Å². The Morgan fingerprint density at radius 3 is 2.79 bits per heavy atom. The van der Waals surface area contributed by atoms with Crippen molar-refractivity contribution in [2.75, 3.05) is 11.9 Å².